The zero-order valence-corrected chi connectivity index (χ0v) is 18.9. The Labute approximate surface area is 164 Å². The fraction of sp³-hybridized carbons (Fsp3) is 0.647. The Bertz CT molecular complexity index is 659. The number of hydrogen-bond donors (Lipinski definition) is 0. The summed E-state index contributed by atoms with van der Waals surface area (Å²) in [4.78, 5) is 9.00. The average molecular weight is 479 g/mol. The van der Waals surface area contributed by atoms with Crippen LogP contribution in [-0.4, -0.2) is 29.0 Å². The summed E-state index contributed by atoms with van der Waals surface area (Å²) in [5.74, 6) is 1.12. The Balaban J connectivity index is 1.61. The summed E-state index contributed by atoms with van der Waals surface area (Å²) in [5, 5.41) is 0.271. The molecule has 7 heteroatoms. The predicted molar refractivity (Wildman–Crippen MR) is 112 cm³/mol. The van der Waals surface area contributed by atoms with E-state index in [0.29, 0.717) is 11.8 Å². The van der Waals surface area contributed by atoms with E-state index >= 15 is 0 Å². The Morgan fingerprint density at radius 2 is 2.04 bits per heavy atom. The van der Waals surface area contributed by atoms with E-state index in [2.05, 4.69) is 61.4 Å². The highest BCUT2D eigenvalue weighted by atomic mass is 127. The van der Waals surface area contributed by atoms with E-state index in [1.165, 1.54) is 0 Å². The number of amidine groups is 1. The highest BCUT2D eigenvalue weighted by Gasteiger charge is 2.48. The fourth-order valence-corrected chi connectivity index (χ4v) is 4.95. The molecule has 3 rings (SSSR count). The van der Waals surface area contributed by atoms with Crippen molar-refractivity contribution in [2.24, 2.45) is 21.8 Å². The summed E-state index contributed by atoms with van der Waals surface area (Å²) in [6.07, 6.45) is 7.75. The predicted octanol–water partition coefficient (Wildman–Crippen LogP) is 5.58. The molecule has 1 unspecified atom stereocenters. The van der Waals surface area contributed by atoms with Gasteiger partial charge in [0.05, 0.1) is 35.0 Å². The summed E-state index contributed by atoms with van der Waals surface area (Å²) in [7, 11) is -1.65. The molecule has 1 saturated carbocycles. The van der Waals surface area contributed by atoms with Crippen LogP contribution in [0.1, 0.15) is 33.6 Å². The molecule has 0 saturated heterocycles. The molecule has 0 N–H and O–H groups in total. The molecule has 0 aromatic heterocycles. The largest absolute Gasteiger partial charge is 0.417 e. The van der Waals surface area contributed by atoms with Crippen molar-refractivity contribution >= 4 is 52.7 Å². The zero-order chi connectivity index (χ0) is 17.8. The van der Waals surface area contributed by atoms with Gasteiger partial charge in [0.1, 0.15) is 11.9 Å². The number of hydrogen-bond acceptors (Lipinski definition) is 3. The van der Waals surface area contributed by atoms with Crippen molar-refractivity contribution in [2.45, 2.75) is 51.7 Å². The quantitative estimate of drug-likeness (QED) is 0.225. The van der Waals surface area contributed by atoms with Gasteiger partial charge in [-0.2, -0.15) is 4.99 Å². The second kappa shape index (κ2) is 6.30. The maximum absolute atomic E-state index is 6.69. The number of halogens is 2. The van der Waals surface area contributed by atoms with Crippen LogP contribution in [0.5, 0.6) is 0 Å². The number of allylic oxidation sites excluding steroid dienone is 2. The molecule has 2 aliphatic heterocycles. The monoisotopic (exact) mass is 478 g/mol. The lowest BCUT2D eigenvalue weighted by Crippen LogP contribution is -2.43. The molecule has 24 heavy (non-hydrogen) atoms. The van der Waals surface area contributed by atoms with E-state index in [4.69, 9.17) is 21.2 Å². The third kappa shape index (κ3) is 3.20. The van der Waals surface area contributed by atoms with Gasteiger partial charge < -0.3 is 4.43 Å². The molecular weight excluding hydrogens is 453 g/mol. The van der Waals surface area contributed by atoms with Crippen LogP contribution in [0.2, 0.25) is 18.1 Å². The first-order valence-corrected chi connectivity index (χ1v) is 12.8. The van der Waals surface area contributed by atoms with Crippen LogP contribution in [0.4, 0.5) is 0 Å². The minimum Gasteiger partial charge on any atom is -0.417 e. The van der Waals surface area contributed by atoms with Crippen molar-refractivity contribution in [3.63, 3.8) is 0 Å². The molecule has 0 spiro atoms. The highest BCUT2D eigenvalue weighted by molar-refractivity contribution is 14.1. The van der Waals surface area contributed by atoms with Gasteiger partial charge in [-0.25, -0.2) is 0 Å². The normalized spacial score (nSPS) is 32.7. The van der Waals surface area contributed by atoms with Crippen molar-refractivity contribution < 1.29 is 8.43 Å². The van der Waals surface area contributed by atoms with Gasteiger partial charge in [0, 0.05) is 12.5 Å². The van der Waals surface area contributed by atoms with E-state index in [1.807, 2.05) is 12.4 Å². The Kier molecular flexibility index (Phi) is 4.92. The number of nitrogens with zero attached hydrogens (tertiary/aromatic N) is 3. The molecule has 4 nitrogen and oxygen atoms in total. The minimum atomic E-state index is -1.65. The van der Waals surface area contributed by atoms with Crippen LogP contribution >= 0.6 is 34.4 Å². The van der Waals surface area contributed by atoms with E-state index in [1.54, 1.807) is 6.20 Å². The molecule has 132 valence electrons. The third-order valence-corrected chi connectivity index (χ3v) is 12.0. The second-order valence-corrected chi connectivity index (χ2v) is 14.8. The summed E-state index contributed by atoms with van der Waals surface area (Å²) in [6.45, 7) is 12.4. The average Bonchev–Trinajstić information content (AvgIpc) is 2.68. The molecule has 1 aliphatic carbocycles. The number of aliphatic imine (C=N–C) groups is 2. The minimum absolute atomic E-state index is 0.154. The first-order valence-electron chi connectivity index (χ1n) is 8.47. The summed E-state index contributed by atoms with van der Waals surface area (Å²) in [5.41, 5.74) is 2.13. The summed E-state index contributed by atoms with van der Waals surface area (Å²) < 4.78 is 7.41. The van der Waals surface area contributed by atoms with Crippen LogP contribution in [-0.2, 0) is 4.43 Å². The molecular formula is C17H26ClIN3OSi+. The maximum atomic E-state index is 6.69. The SMILES string of the molecule is CC(C)(C)[Si](C)(C)OCC1CC(C2=C3C=NC=C[N+]3(Cl)C(I)=N2)C1. The maximum Gasteiger partial charge on any atom is 0.292 e. The van der Waals surface area contributed by atoms with Crippen LogP contribution in [0, 0.1) is 11.8 Å². The van der Waals surface area contributed by atoms with Crippen molar-refractivity contribution in [2.75, 3.05) is 6.61 Å². The van der Waals surface area contributed by atoms with Crippen LogP contribution in [0.3, 0.4) is 0 Å². The first-order chi connectivity index (χ1) is 11.0. The standard InChI is InChI=1S/C17H26ClIN3OSi/c1-17(2,3)24(4,5)23-11-12-8-13(9-12)15-14-10-20-6-7-22(14,18)16(19)21-15/h6-7,10,12-13H,8-9,11H2,1-5H3/q+1. The molecule has 0 amide bonds. The Hall–Kier alpha value is -0.0231. The second-order valence-electron chi connectivity index (χ2n) is 8.47. The van der Waals surface area contributed by atoms with Gasteiger partial charge in [-0.05, 0) is 36.9 Å². The van der Waals surface area contributed by atoms with E-state index in [-0.39, 0.29) is 9.04 Å². The molecule has 3 aliphatic rings. The smallest absolute Gasteiger partial charge is 0.292 e. The van der Waals surface area contributed by atoms with Gasteiger partial charge in [0.15, 0.2) is 20.1 Å². The van der Waals surface area contributed by atoms with Crippen molar-refractivity contribution in [1.29, 1.82) is 0 Å². The molecule has 0 aromatic carbocycles. The number of fused-ring (bicyclic) bond motifs is 1. The first kappa shape index (κ1) is 18.8. The molecule has 0 aromatic rings. The van der Waals surface area contributed by atoms with Gasteiger partial charge in [-0.3, -0.25) is 4.99 Å². The van der Waals surface area contributed by atoms with Gasteiger partial charge in [-0.1, -0.05) is 20.8 Å². The molecule has 0 radical (unpaired) electrons. The van der Waals surface area contributed by atoms with Gasteiger partial charge in [0.25, 0.3) is 3.84 Å². The molecule has 0 bridgehead atoms. The molecule has 2 heterocycles. The van der Waals surface area contributed by atoms with Crippen LogP contribution in [0.15, 0.2) is 33.8 Å². The van der Waals surface area contributed by atoms with E-state index in [0.717, 1.165) is 34.7 Å². The Morgan fingerprint density at radius 1 is 1.38 bits per heavy atom. The molecule has 1 fully saturated rings. The summed E-state index contributed by atoms with van der Waals surface area (Å²) in [6, 6.07) is 0. The van der Waals surface area contributed by atoms with E-state index in [9.17, 15) is 0 Å². The van der Waals surface area contributed by atoms with Crippen molar-refractivity contribution in [3.05, 3.63) is 23.8 Å². The topological polar surface area (TPSA) is 34.0 Å². The van der Waals surface area contributed by atoms with Crippen molar-refractivity contribution in [1.82, 2.24) is 0 Å². The van der Waals surface area contributed by atoms with Crippen molar-refractivity contribution in [3.8, 4) is 0 Å². The van der Waals surface area contributed by atoms with E-state index < -0.39 is 8.32 Å². The number of rotatable bonds is 4. The zero-order valence-electron chi connectivity index (χ0n) is 15.0. The lowest BCUT2D eigenvalue weighted by molar-refractivity contribution is -0.594. The highest BCUT2D eigenvalue weighted by Crippen LogP contribution is 2.47. The third-order valence-electron chi connectivity index (χ3n) is 5.76. The molecule has 1 atom stereocenters. The number of quaternary nitrogens is 1. The lowest BCUT2D eigenvalue weighted by Gasteiger charge is -2.41. The Morgan fingerprint density at radius 3 is 2.67 bits per heavy atom. The fourth-order valence-electron chi connectivity index (χ4n) is 2.97. The van der Waals surface area contributed by atoms with Gasteiger partial charge >= 0.3 is 0 Å². The van der Waals surface area contributed by atoms with Gasteiger partial charge in [0.2, 0.25) is 5.70 Å². The lowest BCUT2D eigenvalue weighted by atomic mass is 9.73. The van der Waals surface area contributed by atoms with Crippen LogP contribution in [0.25, 0.3) is 0 Å². The summed E-state index contributed by atoms with van der Waals surface area (Å²) >= 11 is 8.92. The van der Waals surface area contributed by atoms with Gasteiger partial charge in [-0.15, -0.1) is 4.00 Å². The van der Waals surface area contributed by atoms with Crippen LogP contribution < -0.4 is 0 Å².